The molecule has 0 saturated heterocycles. The molecule has 5 nitrogen and oxygen atoms in total. The van der Waals surface area contributed by atoms with E-state index >= 15 is 0 Å². The number of nitrogens with zero attached hydrogens (tertiary/aromatic N) is 1. The van der Waals surface area contributed by atoms with Crippen molar-refractivity contribution in [2.75, 3.05) is 0 Å². The van der Waals surface area contributed by atoms with Gasteiger partial charge in [-0.15, -0.1) is 11.8 Å². The van der Waals surface area contributed by atoms with E-state index in [-0.39, 0.29) is 10.8 Å². The van der Waals surface area contributed by atoms with E-state index in [9.17, 15) is 9.59 Å². The molecule has 1 atom stereocenters. The van der Waals surface area contributed by atoms with Gasteiger partial charge in [-0.3, -0.25) is 4.79 Å². The van der Waals surface area contributed by atoms with Crippen molar-refractivity contribution in [3.8, 4) is 5.69 Å². The Balaban J connectivity index is 1.65. The molecule has 2 heterocycles. The van der Waals surface area contributed by atoms with Crippen molar-refractivity contribution in [3.05, 3.63) is 128 Å². The van der Waals surface area contributed by atoms with Crippen LogP contribution in [0.2, 0.25) is 5.02 Å². The molecule has 1 unspecified atom stereocenters. The number of furan rings is 1. The van der Waals surface area contributed by atoms with Gasteiger partial charge in [0.1, 0.15) is 5.76 Å². The number of fused-ring (bicyclic) bond motifs is 1. The maximum absolute atomic E-state index is 13.3. The Labute approximate surface area is 192 Å². The van der Waals surface area contributed by atoms with E-state index in [0.717, 1.165) is 20.8 Å². The van der Waals surface area contributed by atoms with Gasteiger partial charge in [0, 0.05) is 9.92 Å². The number of hydrogen-bond acceptors (Lipinski definition) is 4. The summed E-state index contributed by atoms with van der Waals surface area (Å²) in [5.41, 5.74) is 1.05. The quantitative estimate of drug-likeness (QED) is 0.336. The van der Waals surface area contributed by atoms with Crippen molar-refractivity contribution in [1.29, 1.82) is 0 Å². The molecule has 0 fully saturated rings. The first-order valence-corrected chi connectivity index (χ1v) is 11.2. The fourth-order valence-corrected chi connectivity index (χ4v) is 4.81. The van der Waals surface area contributed by atoms with E-state index in [1.54, 1.807) is 48.4 Å². The molecule has 0 bridgehead atoms. The van der Waals surface area contributed by atoms with Crippen molar-refractivity contribution in [3.63, 3.8) is 0 Å². The van der Waals surface area contributed by atoms with Gasteiger partial charge in [-0.2, -0.15) is 0 Å². The van der Waals surface area contributed by atoms with Gasteiger partial charge < -0.3 is 9.40 Å². The molecule has 7 heteroatoms. The van der Waals surface area contributed by atoms with Crippen LogP contribution in [0.3, 0.4) is 0 Å². The second kappa shape index (κ2) is 8.57. The summed E-state index contributed by atoms with van der Waals surface area (Å²) in [6.45, 7) is 0. The third-order valence-corrected chi connectivity index (χ3v) is 6.64. The molecule has 0 aliphatic rings. The lowest BCUT2D eigenvalue weighted by Crippen LogP contribution is -2.33. The Morgan fingerprint density at radius 3 is 2.41 bits per heavy atom. The molecule has 0 aliphatic carbocycles. The lowest BCUT2D eigenvalue weighted by molar-refractivity contribution is 0.518. The average Bonchev–Trinajstić information content (AvgIpc) is 3.34. The molecule has 0 radical (unpaired) electrons. The molecule has 3 aromatic carbocycles. The van der Waals surface area contributed by atoms with Crippen LogP contribution in [0.1, 0.15) is 16.6 Å². The topological polar surface area (TPSA) is 68.0 Å². The number of rotatable bonds is 5. The standard InChI is InChI=1S/C25H17ClN2O3S/c26-17-9-11-19(12-10-17)32-23(22-7-4-14-31-22)16-8-13-21-20(15-16)24(29)28(25(30)27-21)18-5-2-1-3-6-18/h1-15,23H,(H,27,30). The van der Waals surface area contributed by atoms with Crippen LogP contribution in [0.15, 0.2) is 110 Å². The summed E-state index contributed by atoms with van der Waals surface area (Å²) in [6.07, 6.45) is 1.63. The fourth-order valence-electron chi connectivity index (χ4n) is 3.59. The van der Waals surface area contributed by atoms with E-state index in [2.05, 4.69) is 4.98 Å². The van der Waals surface area contributed by atoms with Gasteiger partial charge in [0.05, 0.1) is 28.1 Å². The van der Waals surface area contributed by atoms with Crippen LogP contribution in [0, 0.1) is 0 Å². The second-order valence-corrected chi connectivity index (χ2v) is 8.79. The van der Waals surface area contributed by atoms with Gasteiger partial charge in [-0.1, -0.05) is 35.9 Å². The zero-order valence-electron chi connectivity index (χ0n) is 16.7. The Morgan fingerprint density at radius 1 is 0.906 bits per heavy atom. The minimum atomic E-state index is -0.473. The summed E-state index contributed by atoms with van der Waals surface area (Å²) >= 11 is 7.63. The smallest absolute Gasteiger partial charge is 0.333 e. The molecule has 5 rings (SSSR count). The number of aromatic nitrogens is 2. The zero-order chi connectivity index (χ0) is 22.1. The highest BCUT2D eigenvalue weighted by Crippen LogP contribution is 2.41. The molecule has 0 saturated carbocycles. The number of benzene rings is 3. The van der Waals surface area contributed by atoms with Gasteiger partial charge in [0.2, 0.25) is 0 Å². The fraction of sp³-hybridized carbons (Fsp3) is 0.0400. The molecule has 0 spiro atoms. The van der Waals surface area contributed by atoms with E-state index < -0.39 is 5.69 Å². The van der Waals surface area contributed by atoms with E-state index in [4.69, 9.17) is 16.0 Å². The normalized spacial score (nSPS) is 12.2. The highest BCUT2D eigenvalue weighted by Gasteiger charge is 2.20. The molecular weight excluding hydrogens is 444 g/mol. The Kier molecular flexibility index (Phi) is 5.47. The highest BCUT2D eigenvalue weighted by molar-refractivity contribution is 7.99. The predicted octanol–water partition coefficient (Wildman–Crippen LogP) is 5.81. The number of thioether (sulfide) groups is 1. The highest BCUT2D eigenvalue weighted by atomic mass is 35.5. The lowest BCUT2D eigenvalue weighted by Gasteiger charge is -2.16. The number of aromatic amines is 1. The third kappa shape index (κ3) is 3.90. The van der Waals surface area contributed by atoms with E-state index in [1.165, 1.54) is 0 Å². The summed E-state index contributed by atoms with van der Waals surface area (Å²) in [6, 6.07) is 25.7. The Bertz CT molecular complexity index is 1490. The summed E-state index contributed by atoms with van der Waals surface area (Å²) in [5, 5.41) is 0.909. The molecule has 0 aliphatic heterocycles. The summed E-state index contributed by atoms with van der Waals surface area (Å²) < 4.78 is 6.87. The van der Waals surface area contributed by atoms with Gasteiger partial charge in [0.15, 0.2) is 0 Å². The number of para-hydroxylation sites is 1. The largest absolute Gasteiger partial charge is 0.468 e. The molecule has 158 valence electrons. The number of halogens is 1. The van der Waals surface area contributed by atoms with Gasteiger partial charge in [0.25, 0.3) is 5.56 Å². The molecule has 5 aromatic rings. The maximum atomic E-state index is 13.3. The first-order chi connectivity index (χ1) is 15.6. The number of H-pyrrole nitrogens is 1. The first-order valence-electron chi connectivity index (χ1n) is 9.90. The van der Waals surface area contributed by atoms with Crippen molar-refractivity contribution in [1.82, 2.24) is 9.55 Å². The van der Waals surface area contributed by atoms with Crippen LogP contribution in [0.25, 0.3) is 16.6 Å². The summed E-state index contributed by atoms with van der Waals surface area (Å²) in [4.78, 5) is 29.7. The molecule has 1 N–H and O–H groups in total. The molecular formula is C25H17ClN2O3S. The molecule has 32 heavy (non-hydrogen) atoms. The van der Waals surface area contributed by atoms with E-state index in [0.29, 0.717) is 21.6 Å². The molecule has 0 amide bonds. The second-order valence-electron chi connectivity index (χ2n) is 7.18. The van der Waals surface area contributed by atoms with Crippen LogP contribution in [0.5, 0.6) is 0 Å². The number of hydrogen-bond donors (Lipinski definition) is 1. The summed E-state index contributed by atoms with van der Waals surface area (Å²) in [5.74, 6) is 0.761. The minimum Gasteiger partial charge on any atom is -0.468 e. The van der Waals surface area contributed by atoms with Gasteiger partial charge in [-0.05, 0) is 66.2 Å². The van der Waals surface area contributed by atoms with E-state index in [1.807, 2.05) is 54.6 Å². The third-order valence-electron chi connectivity index (χ3n) is 5.11. The maximum Gasteiger partial charge on any atom is 0.333 e. The van der Waals surface area contributed by atoms with Gasteiger partial charge >= 0.3 is 5.69 Å². The van der Waals surface area contributed by atoms with Crippen LogP contribution >= 0.6 is 23.4 Å². The average molecular weight is 461 g/mol. The number of nitrogens with one attached hydrogen (secondary N) is 1. The van der Waals surface area contributed by atoms with Crippen LogP contribution in [0.4, 0.5) is 0 Å². The predicted molar refractivity (Wildman–Crippen MR) is 128 cm³/mol. The van der Waals surface area contributed by atoms with Crippen LogP contribution in [-0.2, 0) is 0 Å². The van der Waals surface area contributed by atoms with Crippen molar-refractivity contribution in [2.45, 2.75) is 10.1 Å². The van der Waals surface area contributed by atoms with Crippen LogP contribution < -0.4 is 11.2 Å². The lowest BCUT2D eigenvalue weighted by atomic mass is 10.1. The monoisotopic (exact) mass is 460 g/mol. The zero-order valence-corrected chi connectivity index (χ0v) is 18.3. The Hall–Kier alpha value is -3.48. The van der Waals surface area contributed by atoms with Gasteiger partial charge in [-0.25, -0.2) is 9.36 Å². The van der Waals surface area contributed by atoms with Crippen LogP contribution in [-0.4, -0.2) is 9.55 Å². The van der Waals surface area contributed by atoms with Crippen molar-refractivity contribution >= 4 is 34.3 Å². The molecule has 2 aromatic heterocycles. The Morgan fingerprint density at radius 2 is 1.69 bits per heavy atom. The first kappa shape index (κ1) is 20.4. The van der Waals surface area contributed by atoms with Crippen molar-refractivity contribution in [2.24, 2.45) is 0 Å². The minimum absolute atomic E-state index is 0.188. The summed E-state index contributed by atoms with van der Waals surface area (Å²) in [7, 11) is 0. The SMILES string of the molecule is O=c1[nH]c2ccc(C(Sc3ccc(Cl)cc3)c3ccco3)cc2c(=O)n1-c1ccccc1. The van der Waals surface area contributed by atoms with Crippen molar-refractivity contribution < 1.29 is 4.42 Å².